The highest BCUT2D eigenvalue weighted by molar-refractivity contribution is 5.97. The van der Waals surface area contributed by atoms with Gasteiger partial charge in [0.1, 0.15) is 0 Å². The van der Waals surface area contributed by atoms with Crippen LogP contribution in [0, 0.1) is 16.7 Å². The number of benzene rings is 1. The first-order valence-corrected chi connectivity index (χ1v) is 7.02. The van der Waals surface area contributed by atoms with Crippen LogP contribution in [0.4, 0.5) is 5.69 Å². The smallest absolute Gasteiger partial charge is 0.254 e. The van der Waals surface area contributed by atoms with Gasteiger partial charge < -0.3 is 10.6 Å². The van der Waals surface area contributed by atoms with Crippen LogP contribution in [0.25, 0.3) is 0 Å². The van der Waals surface area contributed by atoms with E-state index in [2.05, 4.69) is 6.07 Å². The summed E-state index contributed by atoms with van der Waals surface area (Å²) in [5, 5.41) is 9.00. The molecule has 4 nitrogen and oxygen atoms in total. The first-order valence-electron chi connectivity index (χ1n) is 7.02. The SMILES string of the molecule is CC(C)(C#N)CCCN1CCc2ccc(N)cc2C1=O. The molecule has 2 rings (SSSR count). The standard InChI is InChI=1S/C16H21N3O/c1-16(2,11-17)7-3-8-19-9-6-12-4-5-13(18)10-14(12)15(19)20/h4-5,10H,3,6-9,18H2,1-2H3. The Kier molecular flexibility index (Phi) is 3.99. The van der Waals surface area contributed by atoms with E-state index in [-0.39, 0.29) is 11.3 Å². The zero-order valence-corrected chi connectivity index (χ0v) is 12.1. The normalized spacial score (nSPS) is 14.8. The maximum Gasteiger partial charge on any atom is 0.254 e. The number of anilines is 1. The molecule has 4 heteroatoms. The van der Waals surface area contributed by atoms with Gasteiger partial charge in [-0.15, -0.1) is 0 Å². The van der Waals surface area contributed by atoms with E-state index in [4.69, 9.17) is 11.0 Å². The Balaban J connectivity index is 1.99. The molecule has 0 unspecified atom stereocenters. The van der Waals surface area contributed by atoms with Crippen molar-refractivity contribution in [2.75, 3.05) is 18.8 Å². The molecule has 0 atom stereocenters. The van der Waals surface area contributed by atoms with Crippen molar-refractivity contribution in [3.63, 3.8) is 0 Å². The summed E-state index contributed by atoms with van der Waals surface area (Å²) >= 11 is 0. The highest BCUT2D eigenvalue weighted by Crippen LogP contribution is 2.24. The molecule has 1 aromatic carbocycles. The fourth-order valence-electron chi connectivity index (χ4n) is 2.52. The van der Waals surface area contributed by atoms with Crippen molar-refractivity contribution in [3.8, 4) is 6.07 Å². The summed E-state index contributed by atoms with van der Waals surface area (Å²) < 4.78 is 0. The number of hydrogen-bond acceptors (Lipinski definition) is 3. The number of fused-ring (bicyclic) bond motifs is 1. The number of hydrogen-bond donors (Lipinski definition) is 1. The quantitative estimate of drug-likeness (QED) is 0.856. The topological polar surface area (TPSA) is 70.1 Å². The third-order valence-corrected chi connectivity index (χ3v) is 3.84. The molecule has 0 radical (unpaired) electrons. The van der Waals surface area contributed by atoms with Crippen molar-refractivity contribution in [2.24, 2.45) is 5.41 Å². The second-order valence-electron chi connectivity index (χ2n) is 6.06. The van der Waals surface area contributed by atoms with Crippen molar-refractivity contribution in [1.29, 1.82) is 5.26 Å². The highest BCUT2D eigenvalue weighted by atomic mass is 16.2. The number of amides is 1. The maximum absolute atomic E-state index is 12.4. The Morgan fingerprint density at radius 2 is 2.20 bits per heavy atom. The molecule has 1 aromatic rings. The first kappa shape index (κ1) is 14.4. The van der Waals surface area contributed by atoms with Gasteiger partial charge in [0, 0.05) is 24.3 Å². The zero-order valence-electron chi connectivity index (χ0n) is 12.1. The van der Waals surface area contributed by atoms with Gasteiger partial charge in [0.15, 0.2) is 0 Å². The van der Waals surface area contributed by atoms with Crippen LogP contribution >= 0.6 is 0 Å². The lowest BCUT2D eigenvalue weighted by Gasteiger charge is -2.29. The summed E-state index contributed by atoms with van der Waals surface area (Å²) in [6, 6.07) is 7.85. The van der Waals surface area contributed by atoms with Gasteiger partial charge in [0.2, 0.25) is 0 Å². The predicted molar refractivity (Wildman–Crippen MR) is 79.1 cm³/mol. The third kappa shape index (κ3) is 3.11. The van der Waals surface area contributed by atoms with Gasteiger partial charge in [-0.2, -0.15) is 5.26 Å². The summed E-state index contributed by atoms with van der Waals surface area (Å²) in [7, 11) is 0. The van der Waals surface area contributed by atoms with E-state index in [1.54, 1.807) is 6.07 Å². The molecule has 0 aliphatic carbocycles. The molecular weight excluding hydrogens is 250 g/mol. The van der Waals surface area contributed by atoms with Gasteiger partial charge in [-0.05, 0) is 50.8 Å². The minimum absolute atomic E-state index is 0.0633. The number of carbonyl (C=O) groups excluding carboxylic acids is 1. The largest absolute Gasteiger partial charge is 0.399 e. The van der Waals surface area contributed by atoms with Gasteiger partial charge >= 0.3 is 0 Å². The highest BCUT2D eigenvalue weighted by Gasteiger charge is 2.25. The molecule has 0 saturated heterocycles. The Bertz CT molecular complexity index is 557. The van der Waals surface area contributed by atoms with Gasteiger partial charge in [0.05, 0.1) is 11.5 Å². The summed E-state index contributed by atoms with van der Waals surface area (Å²) in [4.78, 5) is 14.3. The molecule has 106 valence electrons. The Morgan fingerprint density at radius 1 is 1.45 bits per heavy atom. The number of carbonyl (C=O) groups is 1. The van der Waals surface area contributed by atoms with Crippen LogP contribution in [-0.2, 0) is 6.42 Å². The molecule has 1 amide bonds. The number of nitrogen functional groups attached to an aromatic ring is 1. The lowest BCUT2D eigenvalue weighted by molar-refractivity contribution is 0.0733. The fourth-order valence-corrected chi connectivity index (χ4v) is 2.52. The van der Waals surface area contributed by atoms with Crippen LogP contribution in [0.3, 0.4) is 0 Å². The third-order valence-electron chi connectivity index (χ3n) is 3.84. The average Bonchev–Trinajstić information content (AvgIpc) is 2.42. The molecule has 0 saturated carbocycles. The van der Waals surface area contributed by atoms with E-state index in [1.807, 2.05) is 30.9 Å². The number of nitriles is 1. The van der Waals surface area contributed by atoms with E-state index in [9.17, 15) is 4.79 Å². The Labute approximate surface area is 120 Å². The lowest BCUT2D eigenvalue weighted by Crippen LogP contribution is -2.38. The van der Waals surface area contributed by atoms with E-state index in [1.165, 1.54) is 0 Å². The Hall–Kier alpha value is -2.02. The molecule has 1 aliphatic rings. The van der Waals surface area contributed by atoms with Crippen LogP contribution in [0.5, 0.6) is 0 Å². The van der Waals surface area contributed by atoms with Crippen LogP contribution in [0.15, 0.2) is 18.2 Å². The van der Waals surface area contributed by atoms with Crippen LogP contribution < -0.4 is 5.73 Å². The summed E-state index contributed by atoms with van der Waals surface area (Å²) in [6.07, 6.45) is 2.53. The molecule has 0 spiro atoms. The molecular formula is C16H21N3O. The molecule has 0 fully saturated rings. The molecule has 20 heavy (non-hydrogen) atoms. The van der Waals surface area contributed by atoms with Crippen LogP contribution in [0.2, 0.25) is 0 Å². The first-order chi connectivity index (χ1) is 9.43. The Morgan fingerprint density at radius 3 is 2.90 bits per heavy atom. The van der Waals surface area contributed by atoms with Gasteiger partial charge in [0.25, 0.3) is 5.91 Å². The summed E-state index contributed by atoms with van der Waals surface area (Å²) in [6.45, 7) is 5.32. The number of rotatable bonds is 4. The van der Waals surface area contributed by atoms with Gasteiger partial charge in [-0.3, -0.25) is 4.79 Å². The van der Waals surface area contributed by atoms with E-state index in [0.29, 0.717) is 12.2 Å². The molecule has 1 aliphatic heterocycles. The second-order valence-corrected chi connectivity index (χ2v) is 6.06. The van der Waals surface area contributed by atoms with Crippen LogP contribution in [0.1, 0.15) is 42.6 Å². The van der Waals surface area contributed by atoms with Crippen molar-refractivity contribution >= 4 is 11.6 Å². The molecule has 2 N–H and O–H groups in total. The van der Waals surface area contributed by atoms with Crippen molar-refractivity contribution in [3.05, 3.63) is 29.3 Å². The monoisotopic (exact) mass is 271 g/mol. The molecule has 0 bridgehead atoms. The summed E-state index contributed by atoms with van der Waals surface area (Å²) in [5.41, 5.74) is 7.88. The lowest BCUT2D eigenvalue weighted by atomic mass is 9.89. The van der Waals surface area contributed by atoms with Crippen molar-refractivity contribution in [1.82, 2.24) is 4.90 Å². The van der Waals surface area contributed by atoms with E-state index >= 15 is 0 Å². The zero-order chi connectivity index (χ0) is 14.8. The van der Waals surface area contributed by atoms with Crippen molar-refractivity contribution < 1.29 is 4.79 Å². The van der Waals surface area contributed by atoms with E-state index < -0.39 is 0 Å². The molecule has 1 heterocycles. The number of nitrogens with zero attached hydrogens (tertiary/aromatic N) is 2. The fraction of sp³-hybridized carbons (Fsp3) is 0.500. The van der Waals surface area contributed by atoms with E-state index in [0.717, 1.165) is 36.9 Å². The average molecular weight is 271 g/mol. The van der Waals surface area contributed by atoms with Crippen molar-refractivity contribution in [2.45, 2.75) is 33.1 Å². The second kappa shape index (κ2) is 5.54. The van der Waals surface area contributed by atoms with Gasteiger partial charge in [-0.25, -0.2) is 0 Å². The minimum atomic E-state index is -0.318. The predicted octanol–water partition coefficient (Wildman–Crippen LogP) is 2.60. The summed E-state index contributed by atoms with van der Waals surface area (Å²) in [5.74, 6) is 0.0633. The minimum Gasteiger partial charge on any atom is -0.399 e. The molecule has 0 aromatic heterocycles. The van der Waals surface area contributed by atoms with Gasteiger partial charge in [-0.1, -0.05) is 6.07 Å². The number of nitrogens with two attached hydrogens (primary N) is 1. The maximum atomic E-state index is 12.4. The van der Waals surface area contributed by atoms with Crippen LogP contribution in [-0.4, -0.2) is 23.9 Å².